The molecule has 0 bridgehead atoms. The Bertz CT molecular complexity index is 738. The number of carboxylic acid groups (broad SMARTS) is 1. The molecule has 1 aliphatic heterocycles. The maximum atomic E-state index is 11.2. The first-order valence-corrected chi connectivity index (χ1v) is 6.84. The molecule has 1 aromatic carbocycles. The van der Waals surface area contributed by atoms with Crippen LogP contribution in [0, 0.1) is 17.2 Å². The van der Waals surface area contributed by atoms with Gasteiger partial charge in [0.15, 0.2) is 5.69 Å². The van der Waals surface area contributed by atoms with Crippen molar-refractivity contribution >= 4 is 22.6 Å². The van der Waals surface area contributed by atoms with Gasteiger partial charge in [0.05, 0.1) is 17.1 Å². The van der Waals surface area contributed by atoms with E-state index in [-0.39, 0.29) is 5.69 Å². The summed E-state index contributed by atoms with van der Waals surface area (Å²) >= 11 is 0. The smallest absolute Gasteiger partial charge is 0.308 e. The molecule has 0 spiro atoms. The van der Waals surface area contributed by atoms with Gasteiger partial charge in [-0.15, -0.1) is 10.2 Å². The molecule has 6 heteroatoms. The lowest BCUT2D eigenvalue weighted by atomic mass is 9.97. The second kappa shape index (κ2) is 5.37. The van der Waals surface area contributed by atoms with Crippen LogP contribution in [-0.2, 0) is 4.79 Å². The number of benzene rings is 1. The number of aromatic nitrogens is 2. The van der Waals surface area contributed by atoms with Crippen molar-refractivity contribution in [1.29, 1.82) is 5.26 Å². The first-order valence-electron chi connectivity index (χ1n) is 6.84. The van der Waals surface area contributed by atoms with Gasteiger partial charge in [0.2, 0.25) is 0 Å². The summed E-state index contributed by atoms with van der Waals surface area (Å²) in [6, 6.07) is 9.55. The summed E-state index contributed by atoms with van der Waals surface area (Å²) in [6.07, 6.45) is 1.46. The number of aliphatic carboxylic acids is 1. The Balaban J connectivity index is 2.10. The third kappa shape index (κ3) is 2.38. The molecule has 0 saturated carbocycles. The molecule has 106 valence electrons. The second-order valence-corrected chi connectivity index (χ2v) is 5.15. The minimum atomic E-state index is -0.787. The summed E-state index contributed by atoms with van der Waals surface area (Å²) in [5.41, 5.74) is 1.66. The van der Waals surface area contributed by atoms with E-state index < -0.39 is 11.9 Å². The fourth-order valence-corrected chi connectivity index (χ4v) is 2.82. The van der Waals surface area contributed by atoms with Crippen LogP contribution in [0.4, 0.5) is 5.69 Å². The zero-order valence-corrected chi connectivity index (χ0v) is 11.4. The fraction of sp³-hybridized carbons (Fsp3) is 0.333. The van der Waals surface area contributed by atoms with E-state index in [9.17, 15) is 15.2 Å². The standard InChI is InChI=1S/C15H14N4O2/c16-8-13-14(11-5-1-2-6-12(11)17-18-13)19-7-3-4-10(9-19)15(20)21/h1-2,5-6,10H,3-4,7,9H2,(H,20,21). The van der Waals surface area contributed by atoms with Crippen molar-refractivity contribution in [3.05, 3.63) is 30.0 Å². The Kier molecular flexibility index (Phi) is 3.40. The van der Waals surface area contributed by atoms with E-state index in [0.29, 0.717) is 24.2 Å². The molecule has 1 aromatic heterocycles. The van der Waals surface area contributed by atoms with Crippen LogP contribution in [0.5, 0.6) is 0 Å². The number of fused-ring (bicyclic) bond motifs is 1. The Labute approximate surface area is 121 Å². The summed E-state index contributed by atoms with van der Waals surface area (Å²) < 4.78 is 0. The molecule has 0 amide bonds. The van der Waals surface area contributed by atoms with Crippen LogP contribution in [0.25, 0.3) is 10.9 Å². The van der Waals surface area contributed by atoms with Crippen LogP contribution < -0.4 is 4.90 Å². The number of nitriles is 1. The summed E-state index contributed by atoms with van der Waals surface area (Å²) in [6.45, 7) is 1.13. The van der Waals surface area contributed by atoms with E-state index in [4.69, 9.17) is 0 Å². The molecule has 1 aliphatic rings. The van der Waals surface area contributed by atoms with Gasteiger partial charge in [0, 0.05) is 18.5 Å². The maximum absolute atomic E-state index is 11.2. The van der Waals surface area contributed by atoms with Crippen molar-refractivity contribution in [3.63, 3.8) is 0 Å². The van der Waals surface area contributed by atoms with Gasteiger partial charge in [-0.3, -0.25) is 4.79 Å². The van der Waals surface area contributed by atoms with E-state index >= 15 is 0 Å². The minimum absolute atomic E-state index is 0.250. The quantitative estimate of drug-likeness (QED) is 0.903. The van der Waals surface area contributed by atoms with Gasteiger partial charge in [0.25, 0.3) is 0 Å². The summed E-state index contributed by atoms with van der Waals surface area (Å²) in [4.78, 5) is 13.2. The van der Waals surface area contributed by atoms with Crippen molar-refractivity contribution in [2.45, 2.75) is 12.8 Å². The van der Waals surface area contributed by atoms with Crippen molar-refractivity contribution in [3.8, 4) is 6.07 Å². The van der Waals surface area contributed by atoms with Gasteiger partial charge >= 0.3 is 5.97 Å². The lowest BCUT2D eigenvalue weighted by Crippen LogP contribution is -2.39. The molecule has 2 aromatic rings. The Morgan fingerprint density at radius 3 is 2.95 bits per heavy atom. The first-order chi connectivity index (χ1) is 10.2. The number of rotatable bonds is 2. The van der Waals surface area contributed by atoms with E-state index in [1.54, 1.807) is 0 Å². The predicted octanol–water partition coefficient (Wildman–Crippen LogP) is 1.80. The van der Waals surface area contributed by atoms with Crippen LogP contribution in [0.15, 0.2) is 24.3 Å². The summed E-state index contributed by atoms with van der Waals surface area (Å²) in [5, 5.41) is 27.4. The van der Waals surface area contributed by atoms with Gasteiger partial charge in [-0.1, -0.05) is 18.2 Å². The van der Waals surface area contributed by atoms with E-state index in [0.717, 1.165) is 18.4 Å². The third-order valence-electron chi connectivity index (χ3n) is 3.83. The number of carbonyl (C=O) groups is 1. The highest BCUT2D eigenvalue weighted by Crippen LogP contribution is 2.31. The Morgan fingerprint density at radius 1 is 1.38 bits per heavy atom. The minimum Gasteiger partial charge on any atom is -0.481 e. The van der Waals surface area contributed by atoms with Crippen LogP contribution in [0.2, 0.25) is 0 Å². The molecule has 3 rings (SSSR count). The topological polar surface area (TPSA) is 90.1 Å². The molecule has 1 N–H and O–H groups in total. The van der Waals surface area contributed by atoms with Gasteiger partial charge in [-0.25, -0.2) is 0 Å². The molecule has 1 unspecified atom stereocenters. The first kappa shape index (κ1) is 13.3. The molecule has 1 fully saturated rings. The highest BCUT2D eigenvalue weighted by atomic mass is 16.4. The van der Waals surface area contributed by atoms with Crippen LogP contribution in [0.3, 0.4) is 0 Å². The molecular formula is C15H14N4O2. The molecular weight excluding hydrogens is 268 g/mol. The number of carboxylic acids is 1. The van der Waals surface area contributed by atoms with Crippen molar-refractivity contribution in [1.82, 2.24) is 10.2 Å². The summed E-state index contributed by atoms with van der Waals surface area (Å²) in [5.74, 6) is -1.19. The lowest BCUT2D eigenvalue weighted by Gasteiger charge is -2.33. The van der Waals surface area contributed by atoms with Crippen LogP contribution in [-0.4, -0.2) is 34.4 Å². The van der Waals surface area contributed by atoms with E-state index in [1.165, 1.54) is 0 Å². The molecule has 1 atom stereocenters. The summed E-state index contributed by atoms with van der Waals surface area (Å²) in [7, 11) is 0. The molecule has 2 heterocycles. The molecule has 0 aliphatic carbocycles. The van der Waals surface area contributed by atoms with Crippen molar-refractivity contribution in [2.24, 2.45) is 5.92 Å². The van der Waals surface area contributed by atoms with Crippen LogP contribution in [0.1, 0.15) is 18.5 Å². The number of nitrogens with zero attached hydrogens (tertiary/aromatic N) is 4. The Morgan fingerprint density at radius 2 is 2.19 bits per heavy atom. The fourth-order valence-electron chi connectivity index (χ4n) is 2.82. The average molecular weight is 282 g/mol. The highest BCUT2D eigenvalue weighted by Gasteiger charge is 2.28. The van der Waals surface area contributed by atoms with Gasteiger partial charge in [0.1, 0.15) is 6.07 Å². The monoisotopic (exact) mass is 282 g/mol. The number of anilines is 1. The van der Waals surface area contributed by atoms with Crippen molar-refractivity contribution < 1.29 is 9.90 Å². The predicted molar refractivity (Wildman–Crippen MR) is 76.8 cm³/mol. The van der Waals surface area contributed by atoms with E-state index in [1.807, 2.05) is 29.2 Å². The number of hydrogen-bond acceptors (Lipinski definition) is 5. The van der Waals surface area contributed by atoms with Gasteiger partial charge < -0.3 is 10.0 Å². The van der Waals surface area contributed by atoms with Crippen molar-refractivity contribution in [2.75, 3.05) is 18.0 Å². The molecule has 0 radical (unpaired) electrons. The Hall–Kier alpha value is -2.68. The lowest BCUT2D eigenvalue weighted by molar-refractivity contribution is -0.141. The number of piperidine rings is 1. The second-order valence-electron chi connectivity index (χ2n) is 5.15. The highest BCUT2D eigenvalue weighted by molar-refractivity contribution is 5.93. The van der Waals surface area contributed by atoms with Gasteiger partial charge in [-0.05, 0) is 18.9 Å². The SMILES string of the molecule is N#Cc1nnc2ccccc2c1N1CCCC(C(=O)O)C1. The number of hydrogen-bond donors (Lipinski definition) is 1. The molecule has 6 nitrogen and oxygen atoms in total. The van der Waals surface area contributed by atoms with E-state index in [2.05, 4.69) is 16.3 Å². The van der Waals surface area contributed by atoms with Crippen LogP contribution >= 0.6 is 0 Å². The molecule has 21 heavy (non-hydrogen) atoms. The maximum Gasteiger partial charge on any atom is 0.308 e. The van der Waals surface area contributed by atoms with Gasteiger partial charge in [-0.2, -0.15) is 5.26 Å². The zero-order chi connectivity index (χ0) is 14.8. The normalized spacial score (nSPS) is 18.4. The largest absolute Gasteiger partial charge is 0.481 e. The third-order valence-corrected chi connectivity index (χ3v) is 3.83. The average Bonchev–Trinajstić information content (AvgIpc) is 2.53. The molecule has 1 saturated heterocycles. The zero-order valence-electron chi connectivity index (χ0n) is 11.4.